The van der Waals surface area contributed by atoms with Crippen LogP contribution in [0.5, 0.6) is 0 Å². The van der Waals surface area contributed by atoms with Gasteiger partial charge in [0.2, 0.25) is 41.4 Å². The number of halogens is 5. The second-order valence-corrected chi connectivity index (χ2v) is 33.8. The van der Waals surface area contributed by atoms with E-state index in [1.54, 1.807) is 81.7 Å². The van der Waals surface area contributed by atoms with Gasteiger partial charge in [-0.2, -0.15) is 13.2 Å². The number of ether oxygens (including phenoxy) is 2. The summed E-state index contributed by atoms with van der Waals surface area (Å²) in [6, 6.07) is 17.7. The molecule has 8 aliphatic rings. The Morgan fingerprint density at radius 3 is 1.22 bits per heavy atom. The number of carbonyl (C=O) groups excluding carboxylic acids is 9. The third-order valence-electron chi connectivity index (χ3n) is 23.0. The number of aromatic nitrogens is 1. The van der Waals surface area contributed by atoms with Crippen LogP contribution in [0.4, 0.5) is 22.8 Å². The molecule has 4 atom stereocenters. The third-order valence-corrected chi connectivity index (χ3v) is 23.5. The number of amides is 9. The number of aliphatic imine (C=N–C) groups is 4. The highest BCUT2D eigenvalue weighted by molar-refractivity contribution is 6.34. The van der Waals surface area contributed by atoms with Crippen LogP contribution in [-0.2, 0) is 75.0 Å². The van der Waals surface area contributed by atoms with Crippen molar-refractivity contribution in [1.29, 1.82) is 0 Å². The van der Waals surface area contributed by atoms with Crippen molar-refractivity contribution in [1.82, 2.24) is 93.7 Å². The van der Waals surface area contributed by atoms with Crippen molar-refractivity contribution in [3.05, 3.63) is 135 Å². The van der Waals surface area contributed by atoms with E-state index in [-0.39, 0.29) is 91.4 Å². The number of piperidine rings is 4. The van der Waals surface area contributed by atoms with Crippen molar-refractivity contribution < 1.29 is 105 Å². The molecule has 0 aliphatic carbocycles. The summed E-state index contributed by atoms with van der Waals surface area (Å²) in [6.45, 7) is 12.2. The average Bonchev–Trinajstić information content (AvgIpc) is 1.25. The molecule has 9 amide bonds. The minimum absolute atomic E-state index is 0.000280. The fourth-order valence-corrected chi connectivity index (χ4v) is 16.2. The maximum Gasteiger partial charge on any atom is 0.416 e. The Labute approximate surface area is 788 Å². The topological polar surface area (TPSA) is 553 Å². The van der Waals surface area contributed by atoms with Gasteiger partial charge < -0.3 is 119 Å². The number of pyridine rings is 1. The molecule has 3 unspecified atom stereocenters. The van der Waals surface area contributed by atoms with E-state index in [9.17, 15) is 95.9 Å². The van der Waals surface area contributed by atoms with Crippen LogP contribution < -0.4 is 69.1 Å². The van der Waals surface area contributed by atoms with Crippen LogP contribution in [0.15, 0.2) is 117 Å². The number of carboxylic acids is 4. The number of carboxylic acid groups (broad SMARTS) is 4. The Hall–Kier alpha value is -13.0. The number of alkyl carbamates (subject to hydrolysis) is 1. The van der Waals surface area contributed by atoms with Crippen molar-refractivity contribution >= 4 is 124 Å². The lowest BCUT2D eigenvalue weighted by atomic mass is 9.94. The summed E-state index contributed by atoms with van der Waals surface area (Å²) < 4.78 is 49.5. The van der Waals surface area contributed by atoms with E-state index < -0.39 is 90.2 Å². The molecule has 0 spiro atoms. The largest absolute Gasteiger partial charge is 0.481 e. The first kappa shape index (κ1) is 106. The standard InChI is InChI=1S/C23H30F3N5O4.C23H32N6O7.C22H29Cl2N5O4.C21H30N6O4/c24-23(25,26)17-4-1-3-16(13-17)18(14-20(33)34)30-21(35)15-6-11-31(12-7-15)19(32)5-2-8-27-22-28-9-10-29-22;30-19(27-14-18(20(31)32)28-22(33)36-15-16-4-2-1-3-5-16)17-6-11-29(12-7-17)23(34)35-13-10-26-21-24-8-9-25-21;23-16-10-15(11-17(24)12-16)18(13-20(31)32)28-21(33)14-3-8-29(9-4-14)19(30)2-1-5-25-22-26-6-7-27-22;28-18(4-2-8-23-21-24-9-10-25-21)27-11-5-15(6-12-27)20(31)26-17(13-19(29)30)16-3-1-7-22-14-16/h1,3-4,13,15,18H,2,5-12,14H2,(H,30,35)(H,33,34)(H2,27,28,29);1-5,17-18H,6-15H2,(H,27,30)(H,28,33)(H,31,32)(H2,24,25,26);10-12,14,18H,1-9,13H2,(H,28,33)(H,31,32)(H2,25,26,27);1,3,7,14-15,17H,2,4-6,8-13H2,(H,26,31)(H,29,30)(H2,23,24,25)/t;18-;;/m.0../s1. The first-order valence-corrected chi connectivity index (χ1v) is 46.1. The Bertz CT molecular complexity index is 4730. The fraction of sp³-hybridized carbons (Fsp3) is 0.551. The number of benzene rings is 3. The lowest BCUT2D eigenvalue weighted by molar-refractivity contribution is -0.140. The molecule has 4 aromatic rings. The molecule has 41 nitrogen and oxygen atoms in total. The number of hydrogen-bond donors (Lipinski definition) is 17. The van der Waals surface area contributed by atoms with E-state index >= 15 is 0 Å². The molecule has 8 aliphatic heterocycles. The van der Waals surface area contributed by atoms with E-state index in [4.69, 9.17) is 32.7 Å². The van der Waals surface area contributed by atoms with Gasteiger partial charge >= 0.3 is 42.2 Å². The predicted octanol–water partition coefficient (Wildman–Crippen LogP) is 4.26. The van der Waals surface area contributed by atoms with Gasteiger partial charge in [0.15, 0.2) is 23.8 Å². The number of nitrogens with one attached hydrogen (secondary N) is 13. The van der Waals surface area contributed by atoms with Crippen LogP contribution in [0.2, 0.25) is 10.0 Å². The minimum atomic E-state index is -4.58. The first-order valence-electron chi connectivity index (χ1n) is 45.3. The summed E-state index contributed by atoms with van der Waals surface area (Å²) in [7, 11) is 0. The van der Waals surface area contributed by atoms with E-state index in [1.807, 2.05) is 11.0 Å². The van der Waals surface area contributed by atoms with Crippen LogP contribution in [0, 0.1) is 23.7 Å². The maximum absolute atomic E-state index is 13.1. The molecule has 9 heterocycles. The molecule has 3 aromatic carbocycles. The summed E-state index contributed by atoms with van der Waals surface area (Å²) >= 11 is 12.1. The predicted molar refractivity (Wildman–Crippen MR) is 490 cm³/mol. The van der Waals surface area contributed by atoms with Gasteiger partial charge in [-0.25, -0.2) is 14.4 Å². The lowest BCUT2D eigenvalue weighted by Gasteiger charge is -2.32. The molecule has 46 heteroatoms. The molecule has 736 valence electrons. The van der Waals surface area contributed by atoms with Gasteiger partial charge in [0.1, 0.15) is 19.3 Å². The molecule has 0 saturated carbocycles. The Morgan fingerprint density at radius 2 is 0.837 bits per heavy atom. The maximum atomic E-state index is 13.1. The summed E-state index contributed by atoms with van der Waals surface area (Å²) in [5.41, 5.74) is 1.14. The van der Waals surface area contributed by atoms with E-state index in [1.165, 1.54) is 12.1 Å². The van der Waals surface area contributed by atoms with E-state index in [0.717, 1.165) is 94.4 Å². The minimum Gasteiger partial charge on any atom is -0.481 e. The number of alkyl halides is 3. The zero-order chi connectivity index (χ0) is 97.0. The van der Waals surface area contributed by atoms with E-state index in [0.29, 0.717) is 189 Å². The van der Waals surface area contributed by atoms with Gasteiger partial charge in [-0.1, -0.05) is 71.7 Å². The summed E-state index contributed by atoms with van der Waals surface area (Å²) in [4.78, 5) is 186. The van der Waals surface area contributed by atoms with Crippen LogP contribution >= 0.6 is 23.2 Å². The van der Waals surface area contributed by atoms with Gasteiger partial charge in [-0.3, -0.25) is 72.9 Å². The average molecular weight is 1930 g/mol. The third kappa shape index (κ3) is 37.7. The quantitative estimate of drug-likeness (QED) is 0.0280. The highest BCUT2D eigenvalue weighted by Gasteiger charge is 2.37. The highest BCUT2D eigenvalue weighted by Crippen LogP contribution is 2.33. The smallest absolute Gasteiger partial charge is 0.416 e. The first-order chi connectivity index (χ1) is 64.9. The molecule has 0 radical (unpaired) electrons. The second kappa shape index (κ2) is 55.6. The van der Waals surface area contributed by atoms with Gasteiger partial charge in [0.25, 0.3) is 0 Å². The summed E-state index contributed by atoms with van der Waals surface area (Å²) in [5, 5.41) is 75.8. The molecule has 135 heavy (non-hydrogen) atoms. The Balaban J connectivity index is 0.000000202. The van der Waals surface area contributed by atoms with Gasteiger partial charge in [-0.05, 0) is 129 Å². The zero-order valence-electron chi connectivity index (χ0n) is 75.0. The molecule has 17 N–H and O–H groups in total. The second-order valence-electron chi connectivity index (χ2n) is 32.9. The Kier molecular flexibility index (Phi) is 43.5. The van der Waals surface area contributed by atoms with Crippen molar-refractivity contribution in [2.45, 2.75) is 146 Å². The van der Waals surface area contributed by atoms with Crippen LogP contribution in [-0.4, -0.2) is 296 Å². The molecule has 0 bridgehead atoms. The summed E-state index contributed by atoms with van der Waals surface area (Å²) in [5.74, 6) is -3.84. The van der Waals surface area contributed by atoms with Crippen molar-refractivity contribution in [3.8, 4) is 0 Å². The van der Waals surface area contributed by atoms with Crippen molar-refractivity contribution in [3.63, 3.8) is 0 Å². The number of hydrogen-bond acceptors (Lipinski definition) is 28. The number of nitrogens with zero attached hydrogens (tertiary/aromatic N) is 9. The van der Waals surface area contributed by atoms with Crippen LogP contribution in [0.25, 0.3) is 0 Å². The molecule has 4 fully saturated rings. The van der Waals surface area contributed by atoms with Crippen LogP contribution in [0.1, 0.15) is 155 Å². The van der Waals surface area contributed by atoms with Gasteiger partial charge in [0.05, 0.1) is 75.7 Å². The Morgan fingerprint density at radius 1 is 0.444 bits per heavy atom. The monoisotopic (exact) mass is 1930 g/mol. The molecule has 12 rings (SSSR count). The normalized spacial score (nSPS) is 17.0. The number of aliphatic carboxylic acids is 4. The SMILES string of the molecule is O=C(N[C@@H](CNC(=O)C1CCN(C(=O)OCCNC2=NCCN2)CC1)C(=O)O)OCc1ccccc1.O=C(O)CC(NC(=O)C1CCN(C(=O)CCCNC2=NCCN2)CC1)c1cc(Cl)cc(Cl)c1.O=C(O)CC(NC(=O)C1CCN(C(=O)CCCNC2=NCCN2)CC1)c1cccc(C(F)(F)F)c1.O=C(O)CC(NC(=O)C1CCN(C(=O)CCCNC2=NCCN2)CC1)c1cccnc1. The molecule has 4 saturated heterocycles. The number of carbonyl (C=O) groups is 13. The number of rotatable bonds is 37. The van der Waals surface area contributed by atoms with E-state index in [2.05, 4.69) is 94.1 Å². The van der Waals surface area contributed by atoms with Crippen LogP contribution in [0.3, 0.4) is 0 Å². The van der Waals surface area contributed by atoms with Crippen molar-refractivity contribution in [2.75, 3.05) is 144 Å². The van der Waals surface area contributed by atoms with Gasteiger partial charge in [-0.15, -0.1) is 0 Å². The molecule has 1 aromatic heterocycles. The van der Waals surface area contributed by atoms with Gasteiger partial charge in [0, 0.05) is 170 Å². The van der Waals surface area contributed by atoms with Crippen molar-refractivity contribution in [2.24, 2.45) is 43.6 Å². The highest BCUT2D eigenvalue weighted by atomic mass is 35.5. The molecular weight excluding hydrogens is 1810 g/mol. The number of guanidine groups is 4. The number of likely N-dealkylation sites (tertiary alicyclic amines) is 4. The fourth-order valence-electron chi connectivity index (χ4n) is 15.7. The summed E-state index contributed by atoms with van der Waals surface area (Å²) in [6.07, 6.45) is 3.43. The zero-order valence-corrected chi connectivity index (χ0v) is 76.5. The molecular formula is C89H121Cl2F3N22O19. The lowest BCUT2D eigenvalue weighted by Crippen LogP contribution is -2.50.